The Kier molecular flexibility index (Phi) is 26.3. The van der Waals surface area contributed by atoms with Gasteiger partial charge in [0, 0.05) is 36.3 Å². The van der Waals surface area contributed by atoms with E-state index in [-0.39, 0.29) is 48.6 Å². The van der Waals surface area contributed by atoms with Crippen molar-refractivity contribution >= 4 is 0 Å². The van der Waals surface area contributed by atoms with Gasteiger partial charge in [-0.1, -0.05) is 135 Å². The quantitative estimate of drug-likeness (QED) is 0.0682. The fourth-order valence-electron chi connectivity index (χ4n) is 10.7. The molecule has 0 radical (unpaired) electrons. The summed E-state index contributed by atoms with van der Waals surface area (Å²) in [6.07, 6.45) is 14.5. The van der Waals surface area contributed by atoms with Crippen molar-refractivity contribution in [3.63, 3.8) is 0 Å². The summed E-state index contributed by atoms with van der Waals surface area (Å²) in [5.41, 5.74) is 2.55. The number of rotatable bonds is 12. The van der Waals surface area contributed by atoms with Crippen molar-refractivity contribution < 1.29 is 30.6 Å². The van der Waals surface area contributed by atoms with Crippen LogP contribution in [0.15, 0.2) is 121 Å². The summed E-state index contributed by atoms with van der Waals surface area (Å²) in [6, 6.07) is 41.2. The fraction of sp³-hybridized carbons (Fsp3) is 0.600. The van der Waals surface area contributed by atoms with Gasteiger partial charge in [0.05, 0.1) is 24.4 Å². The van der Waals surface area contributed by atoms with Gasteiger partial charge in [-0.05, 0) is 165 Å². The zero-order valence-electron chi connectivity index (χ0n) is 44.1. The summed E-state index contributed by atoms with van der Waals surface area (Å²) < 4.78 is 0. The summed E-state index contributed by atoms with van der Waals surface area (Å²) in [6.45, 7) is 14.1. The lowest BCUT2D eigenvalue weighted by atomic mass is 9.87. The maximum absolute atomic E-state index is 10.4. The van der Waals surface area contributed by atoms with E-state index in [0.29, 0.717) is 12.1 Å². The van der Waals surface area contributed by atoms with Crippen molar-refractivity contribution in [1.29, 1.82) is 0 Å². The molecule has 4 aromatic rings. The summed E-state index contributed by atoms with van der Waals surface area (Å²) in [7, 11) is 0. The van der Waals surface area contributed by atoms with Crippen LogP contribution < -0.4 is 31.9 Å². The van der Waals surface area contributed by atoms with Crippen LogP contribution in [0.5, 0.6) is 0 Å². The van der Waals surface area contributed by atoms with Gasteiger partial charge in [0.1, 0.15) is 11.2 Å². The number of hydrogen-bond donors (Lipinski definition) is 12. The van der Waals surface area contributed by atoms with Crippen LogP contribution in [0.3, 0.4) is 0 Å². The second-order valence-corrected chi connectivity index (χ2v) is 20.8. The smallest absolute Gasteiger partial charge is 0.102 e. The lowest BCUT2D eigenvalue weighted by molar-refractivity contribution is 0.0215. The molecule has 72 heavy (non-hydrogen) atoms. The summed E-state index contributed by atoms with van der Waals surface area (Å²) >= 11 is 0. The van der Waals surface area contributed by atoms with E-state index < -0.39 is 11.2 Å². The topological polar surface area (TPSA) is 194 Å². The lowest BCUT2D eigenvalue weighted by Crippen LogP contribution is -2.42. The highest BCUT2D eigenvalue weighted by atomic mass is 16.3. The van der Waals surface area contributed by atoms with E-state index in [1.54, 1.807) is 0 Å². The van der Waals surface area contributed by atoms with Gasteiger partial charge in [0.25, 0.3) is 0 Å². The molecule has 6 fully saturated rings. The van der Waals surface area contributed by atoms with Gasteiger partial charge in [0.2, 0.25) is 0 Å². The lowest BCUT2D eigenvalue weighted by Gasteiger charge is -2.30. The molecule has 0 saturated carbocycles. The largest absolute Gasteiger partial charge is 0.392 e. The molecule has 10 rings (SSSR count). The molecule has 12 N–H and O–H groups in total. The second kappa shape index (κ2) is 32.0. The molecule has 400 valence electrons. The number of aliphatic hydroxyl groups is 6. The molecule has 0 aliphatic carbocycles. The van der Waals surface area contributed by atoms with Gasteiger partial charge >= 0.3 is 0 Å². The van der Waals surface area contributed by atoms with Crippen molar-refractivity contribution in [2.45, 2.75) is 189 Å². The molecule has 12 heteroatoms. The van der Waals surface area contributed by atoms with Crippen LogP contribution >= 0.6 is 0 Å². The zero-order chi connectivity index (χ0) is 51.6. The highest BCUT2D eigenvalue weighted by Crippen LogP contribution is 2.30. The Balaban J connectivity index is 0.000000162. The molecule has 0 aromatic heterocycles. The Morgan fingerprint density at radius 1 is 0.389 bits per heavy atom. The average Bonchev–Trinajstić information content (AvgIpc) is 4.29. The van der Waals surface area contributed by atoms with Crippen LogP contribution in [-0.4, -0.2) is 118 Å². The first-order valence-electron chi connectivity index (χ1n) is 27.6. The van der Waals surface area contributed by atoms with Gasteiger partial charge in [-0.25, -0.2) is 0 Å². The monoisotopic (exact) mass is 995 g/mol. The minimum Gasteiger partial charge on any atom is -0.392 e. The zero-order valence-corrected chi connectivity index (χ0v) is 44.1. The summed E-state index contributed by atoms with van der Waals surface area (Å²) in [5.74, 6) is 0. The molecule has 0 bridgehead atoms. The number of aliphatic hydroxyl groups excluding tert-OH is 4. The summed E-state index contributed by atoms with van der Waals surface area (Å²) in [5, 5.41) is 79.2. The highest BCUT2D eigenvalue weighted by molar-refractivity contribution is 5.25. The predicted molar refractivity (Wildman–Crippen MR) is 294 cm³/mol. The number of hydrogen-bond acceptors (Lipinski definition) is 12. The van der Waals surface area contributed by atoms with Gasteiger partial charge in [-0.15, -0.1) is 0 Å². The van der Waals surface area contributed by atoms with Crippen LogP contribution in [0.1, 0.15) is 152 Å². The van der Waals surface area contributed by atoms with Crippen LogP contribution in [0.4, 0.5) is 0 Å². The average molecular weight is 995 g/mol. The highest BCUT2D eigenvalue weighted by Gasteiger charge is 2.36. The van der Waals surface area contributed by atoms with Crippen LogP contribution in [0.2, 0.25) is 0 Å². The van der Waals surface area contributed by atoms with Gasteiger partial charge < -0.3 is 62.5 Å². The van der Waals surface area contributed by atoms with E-state index in [9.17, 15) is 30.6 Å². The summed E-state index contributed by atoms with van der Waals surface area (Å²) in [4.78, 5) is 0. The minimum atomic E-state index is -0.738. The van der Waals surface area contributed by atoms with E-state index in [1.165, 1.54) is 25.7 Å². The third-order valence-electron chi connectivity index (χ3n) is 15.4. The van der Waals surface area contributed by atoms with E-state index in [2.05, 4.69) is 31.9 Å². The SMILES string of the molecule is CC[C@@H](O)[C@@H]1CCCN1.CC[C@H](O)[C@H]1CCCN1.C[C@@](O)(c1ccccc1)[C@@H]1CCCN1.C[C@](O)(c1ccccc1)[C@@H]1CCCN1.O[C@@H](c1ccccc1)[C@H]1CCCN1.O[C@H](c1ccccc1)[C@@H]1CCCN1. The standard InChI is InChI=1S/2C12H17NO.2C11H15NO.2C7H15NO/c2*1-12(14,11-8-5-9-13-11)10-6-3-2-4-7-10;2*13-11(10-7-4-8-12-10)9-5-2-1-3-6-9;2*1-2-7(9)6-4-3-5-8-6/h2*2-4,6-7,11,13-14H,5,8-9H2,1H3;2*1-3,5-6,10-13H,4,7-8H2;2*6-9H,2-5H2,1H3/t11-,12+;11-,12-;2*10-,11+;2*6-,7+/m001010/s1. The first kappa shape index (κ1) is 59.3. The first-order chi connectivity index (χ1) is 34.9. The third kappa shape index (κ3) is 19.0. The van der Waals surface area contributed by atoms with Gasteiger partial charge in [-0.2, -0.15) is 0 Å². The predicted octanol–water partition coefficient (Wildman–Crippen LogP) is 7.25. The van der Waals surface area contributed by atoms with Crippen LogP contribution in [-0.2, 0) is 11.2 Å². The van der Waals surface area contributed by atoms with Crippen LogP contribution in [0, 0.1) is 0 Å². The van der Waals surface area contributed by atoms with Gasteiger partial charge in [0.15, 0.2) is 0 Å². The molecule has 12 nitrogen and oxygen atoms in total. The number of nitrogens with one attached hydrogen (secondary N) is 6. The molecule has 6 saturated heterocycles. The van der Waals surface area contributed by atoms with E-state index in [0.717, 1.165) is 126 Å². The molecule has 4 aromatic carbocycles. The van der Waals surface area contributed by atoms with E-state index in [1.807, 2.05) is 149 Å². The Hall–Kier alpha value is -3.60. The minimum absolute atomic E-state index is 0.118. The molecule has 6 heterocycles. The van der Waals surface area contributed by atoms with Crippen molar-refractivity contribution in [1.82, 2.24) is 31.9 Å². The maximum Gasteiger partial charge on any atom is 0.102 e. The molecule has 6 aliphatic heterocycles. The van der Waals surface area contributed by atoms with Crippen molar-refractivity contribution in [2.75, 3.05) is 39.3 Å². The van der Waals surface area contributed by atoms with E-state index >= 15 is 0 Å². The maximum atomic E-state index is 10.4. The van der Waals surface area contributed by atoms with Gasteiger partial charge in [-0.3, -0.25) is 0 Å². The first-order valence-corrected chi connectivity index (χ1v) is 27.6. The fourth-order valence-corrected chi connectivity index (χ4v) is 10.7. The molecule has 0 unspecified atom stereocenters. The molecule has 0 spiro atoms. The van der Waals surface area contributed by atoms with Crippen molar-refractivity contribution in [3.8, 4) is 0 Å². The van der Waals surface area contributed by atoms with Crippen molar-refractivity contribution in [3.05, 3.63) is 144 Å². The third-order valence-corrected chi connectivity index (χ3v) is 15.4. The Morgan fingerprint density at radius 3 is 0.903 bits per heavy atom. The second-order valence-electron chi connectivity index (χ2n) is 20.8. The van der Waals surface area contributed by atoms with E-state index in [4.69, 9.17) is 0 Å². The molecular formula is C60H94N6O6. The molecule has 6 aliphatic rings. The van der Waals surface area contributed by atoms with Crippen molar-refractivity contribution in [2.24, 2.45) is 0 Å². The Labute approximate surface area is 433 Å². The number of benzene rings is 4. The molecule has 12 atom stereocenters. The molecule has 0 amide bonds. The Bertz CT molecular complexity index is 1810. The molecular weight excluding hydrogens is 901 g/mol. The Morgan fingerprint density at radius 2 is 0.653 bits per heavy atom. The van der Waals surface area contributed by atoms with Crippen LogP contribution in [0.25, 0.3) is 0 Å². The normalized spacial score (nSPS) is 26.6.